The van der Waals surface area contributed by atoms with Gasteiger partial charge in [0, 0.05) is 37.9 Å². The molecule has 2 aliphatic rings. The Hall–Kier alpha value is -2.59. The van der Waals surface area contributed by atoms with Crippen molar-refractivity contribution in [2.75, 3.05) is 38.4 Å². The molecule has 0 spiro atoms. The number of fused-ring (bicyclic) bond motifs is 1. The fraction of sp³-hybridized carbons (Fsp3) is 0.500. The molecule has 0 aromatic heterocycles. The lowest BCUT2D eigenvalue weighted by Crippen LogP contribution is -2.51. The molecule has 1 fully saturated rings. The topological polar surface area (TPSA) is 101 Å². The van der Waals surface area contributed by atoms with Crippen LogP contribution >= 0.6 is 12.2 Å². The van der Waals surface area contributed by atoms with Gasteiger partial charge in [-0.05, 0) is 31.3 Å². The summed E-state index contributed by atoms with van der Waals surface area (Å²) in [6.45, 7) is 3.65. The number of carbonyl (C=O) groups is 2. The van der Waals surface area contributed by atoms with Crippen molar-refractivity contribution in [1.29, 1.82) is 0 Å². The van der Waals surface area contributed by atoms with Crippen molar-refractivity contribution < 1.29 is 23.8 Å². The van der Waals surface area contributed by atoms with Crippen LogP contribution in [0.15, 0.2) is 18.2 Å². The molecular formula is C18H24N4O5S. The van der Waals surface area contributed by atoms with E-state index >= 15 is 0 Å². The zero-order valence-electron chi connectivity index (χ0n) is 15.8. The third-order valence-corrected chi connectivity index (χ3v) is 4.65. The standard InChI is InChI=1S/C18H24N4O5S/c1-11(10-25-2)19-18(28)21-20-17(24)12-7-16(23)22(9-12)13-3-4-14-15(8-13)27-6-5-26-14/h3-4,8,11-12H,5-7,9-10H2,1-2H3,(H,20,24)(H2,19,21,28)/t11-,12-/m0/s1. The number of nitrogens with one attached hydrogen (secondary N) is 3. The number of amides is 2. The van der Waals surface area contributed by atoms with E-state index in [1.165, 1.54) is 0 Å². The van der Waals surface area contributed by atoms with Crippen molar-refractivity contribution in [2.24, 2.45) is 5.92 Å². The average molecular weight is 408 g/mol. The van der Waals surface area contributed by atoms with Crippen LogP contribution in [-0.4, -0.2) is 56.4 Å². The maximum atomic E-state index is 12.4. The molecule has 0 unspecified atom stereocenters. The van der Waals surface area contributed by atoms with Gasteiger partial charge in [0.05, 0.1) is 12.5 Å². The predicted molar refractivity (Wildman–Crippen MR) is 106 cm³/mol. The second-order valence-corrected chi connectivity index (χ2v) is 7.09. The first-order valence-corrected chi connectivity index (χ1v) is 9.44. The van der Waals surface area contributed by atoms with Crippen molar-refractivity contribution in [1.82, 2.24) is 16.2 Å². The van der Waals surface area contributed by atoms with Gasteiger partial charge in [0.1, 0.15) is 13.2 Å². The number of hydrazine groups is 1. The number of carbonyl (C=O) groups excluding carboxylic acids is 2. The van der Waals surface area contributed by atoms with Crippen LogP contribution in [0.3, 0.4) is 0 Å². The third kappa shape index (κ3) is 4.82. The second kappa shape index (κ2) is 9.07. The number of hydrogen-bond donors (Lipinski definition) is 3. The van der Waals surface area contributed by atoms with E-state index in [1.807, 2.05) is 6.92 Å². The molecule has 10 heteroatoms. The highest BCUT2D eigenvalue weighted by atomic mass is 32.1. The lowest BCUT2D eigenvalue weighted by Gasteiger charge is -2.22. The van der Waals surface area contributed by atoms with E-state index in [0.29, 0.717) is 37.0 Å². The predicted octanol–water partition coefficient (Wildman–Crippen LogP) is 0.341. The Kier molecular flexibility index (Phi) is 6.53. The minimum atomic E-state index is -0.479. The summed E-state index contributed by atoms with van der Waals surface area (Å²) >= 11 is 5.12. The minimum Gasteiger partial charge on any atom is -0.486 e. The summed E-state index contributed by atoms with van der Waals surface area (Å²) in [5.41, 5.74) is 5.90. The first-order chi connectivity index (χ1) is 13.5. The van der Waals surface area contributed by atoms with Gasteiger partial charge in [-0.2, -0.15) is 0 Å². The van der Waals surface area contributed by atoms with Gasteiger partial charge in [0.25, 0.3) is 0 Å². The van der Waals surface area contributed by atoms with E-state index in [-0.39, 0.29) is 35.9 Å². The molecule has 1 saturated heterocycles. The van der Waals surface area contributed by atoms with Crippen molar-refractivity contribution >= 4 is 34.8 Å². The van der Waals surface area contributed by atoms with E-state index in [2.05, 4.69) is 16.2 Å². The molecule has 0 radical (unpaired) electrons. The van der Waals surface area contributed by atoms with Gasteiger partial charge >= 0.3 is 0 Å². The minimum absolute atomic E-state index is 0.000611. The monoisotopic (exact) mass is 408 g/mol. The molecule has 2 amide bonds. The van der Waals surface area contributed by atoms with E-state index in [4.69, 9.17) is 26.4 Å². The largest absolute Gasteiger partial charge is 0.486 e. The van der Waals surface area contributed by atoms with Crippen LogP contribution in [0.1, 0.15) is 13.3 Å². The lowest BCUT2D eigenvalue weighted by molar-refractivity contribution is -0.126. The van der Waals surface area contributed by atoms with Crippen molar-refractivity contribution in [2.45, 2.75) is 19.4 Å². The number of rotatable bonds is 5. The molecule has 1 aromatic carbocycles. The van der Waals surface area contributed by atoms with E-state index in [0.717, 1.165) is 0 Å². The number of hydrogen-bond acceptors (Lipinski definition) is 6. The van der Waals surface area contributed by atoms with Gasteiger partial charge in [0.15, 0.2) is 16.6 Å². The maximum Gasteiger partial charge on any atom is 0.243 e. The molecule has 2 atom stereocenters. The van der Waals surface area contributed by atoms with Gasteiger partial charge in [-0.3, -0.25) is 20.4 Å². The van der Waals surface area contributed by atoms with Crippen molar-refractivity contribution in [3.63, 3.8) is 0 Å². The molecule has 1 aromatic rings. The maximum absolute atomic E-state index is 12.4. The Morgan fingerprint density at radius 3 is 2.82 bits per heavy atom. The van der Waals surface area contributed by atoms with E-state index in [9.17, 15) is 9.59 Å². The Balaban J connectivity index is 1.54. The summed E-state index contributed by atoms with van der Waals surface area (Å²) in [7, 11) is 1.60. The number of thiocarbonyl (C=S) groups is 1. The molecule has 3 rings (SSSR count). The lowest BCUT2D eigenvalue weighted by atomic mass is 10.1. The van der Waals surface area contributed by atoms with Gasteiger partial charge in [-0.15, -0.1) is 0 Å². The van der Waals surface area contributed by atoms with Gasteiger partial charge in [-0.25, -0.2) is 0 Å². The summed E-state index contributed by atoms with van der Waals surface area (Å²) < 4.78 is 16.1. The summed E-state index contributed by atoms with van der Waals surface area (Å²) in [5.74, 6) is 0.368. The molecule has 152 valence electrons. The summed E-state index contributed by atoms with van der Waals surface area (Å²) in [6.07, 6.45) is 0.127. The molecule has 0 bridgehead atoms. The quantitative estimate of drug-likeness (QED) is 0.474. The Bertz CT molecular complexity index is 759. The summed E-state index contributed by atoms with van der Waals surface area (Å²) in [5, 5.41) is 3.26. The van der Waals surface area contributed by atoms with Crippen LogP contribution in [-0.2, 0) is 14.3 Å². The highest BCUT2D eigenvalue weighted by Crippen LogP contribution is 2.35. The normalized spacial score (nSPS) is 19.1. The Morgan fingerprint density at radius 2 is 2.07 bits per heavy atom. The fourth-order valence-electron chi connectivity index (χ4n) is 3.10. The van der Waals surface area contributed by atoms with Crippen molar-refractivity contribution in [3.05, 3.63) is 18.2 Å². The van der Waals surface area contributed by atoms with Crippen LogP contribution < -0.4 is 30.5 Å². The number of nitrogens with zero attached hydrogens (tertiary/aromatic N) is 1. The molecular weight excluding hydrogens is 384 g/mol. The summed E-state index contributed by atoms with van der Waals surface area (Å²) in [4.78, 5) is 26.4. The number of benzene rings is 1. The highest BCUT2D eigenvalue weighted by molar-refractivity contribution is 7.80. The molecule has 3 N–H and O–H groups in total. The molecule has 2 aliphatic heterocycles. The molecule has 2 heterocycles. The first kappa shape index (κ1) is 20.2. The van der Waals surface area contributed by atoms with Crippen molar-refractivity contribution in [3.8, 4) is 11.5 Å². The summed E-state index contributed by atoms with van der Waals surface area (Å²) in [6, 6.07) is 5.33. The van der Waals surface area contributed by atoms with Crippen LogP contribution in [0.5, 0.6) is 11.5 Å². The Morgan fingerprint density at radius 1 is 1.32 bits per heavy atom. The number of anilines is 1. The van der Waals surface area contributed by atoms with Crippen LogP contribution in [0, 0.1) is 5.92 Å². The van der Waals surface area contributed by atoms with Gasteiger partial charge < -0.3 is 24.4 Å². The van der Waals surface area contributed by atoms with Crippen LogP contribution in [0.25, 0.3) is 0 Å². The SMILES string of the molecule is COC[C@H](C)NC(=S)NNC(=O)[C@H]1CC(=O)N(c2ccc3c(c2)OCCO3)C1. The average Bonchev–Trinajstić information content (AvgIpc) is 3.07. The van der Waals surface area contributed by atoms with Gasteiger partial charge in [-0.1, -0.05) is 0 Å². The van der Waals surface area contributed by atoms with Crippen LogP contribution in [0.2, 0.25) is 0 Å². The molecule has 9 nitrogen and oxygen atoms in total. The Labute approximate surface area is 168 Å². The van der Waals surface area contributed by atoms with Gasteiger partial charge in [0.2, 0.25) is 11.8 Å². The highest BCUT2D eigenvalue weighted by Gasteiger charge is 2.35. The zero-order chi connectivity index (χ0) is 20.1. The second-order valence-electron chi connectivity index (χ2n) is 6.68. The van der Waals surface area contributed by atoms with E-state index in [1.54, 1.807) is 30.2 Å². The van der Waals surface area contributed by atoms with Crippen LogP contribution in [0.4, 0.5) is 5.69 Å². The smallest absolute Gasteiger partial charge is 0.243 e. The zero-order valence-corrected chi connectivity index (χ0v) is 16.6. The van der Waals surface area contributed by atoms with E-state index < -0.39 is 5.92 Å². The molecule has 0 saturated carbocycles. The number of methoxy groups -OCH3 is 1. The molecule has 0 aliphatic carbocycles. The number of ether oxygens (including phenoxy) is 3. The molecule has 28 heavy (non-hydrogen) atoms. The fourth-order valence-corrected chi connectivity index (χ4v) is 3.36. The first-order valence-electron chi connectivity index (χ1n) is 9.03. The third-order valence-electron chi connectivity index (χ3n) is 4.43.